The van der Waals surface area contributed by atoms with E-state index in [2.05, 4.69) is 4.98 Å². The average molecular weight is 271 g/mol. The summed E-state index contributed by atoms with van der Waals surface area (Å²) in [7, 11) is 0. The normalized spacial score (nSPS) is 9.90. The van der Waals surface area contributed by atoms with Gasteiger partial charge in [0, 0.05) is 5.88 Å². The highest BCUT2D eigenvalue weighted by Crippen LogP contribution is 2.09. The summed E-state index contributed by atoms with van der Waals surface area (Å²) in [5.74, 6) is -0.141. The molecule has 54 valence electrons. The first-order chi connectivity index (χ1) is 4.72. The smallest absolute Gasteiger partial charge is 0.214 e. The number of nitrogens with zero attached hydrogens (tertiary/aromatic N) is 1. The number of alkyl halides is 1. The molecule has 10 heavy (non-hydrogen) atoms. The highest BCUT2D eigenvalue weighted by atomic mass is 127. The topological polar surface area (TPSA) is 12.9 Å². The second kappa shape index (κ2) is 3.48. The van der Waals surface area contributed by atoms with Gasteiger partial charge in [-0.2, -0.15) is 4.39 Å². The van der Waals surface area contributed by atoms with Crippen molar-refractivity contribution in [3.8, 4) is 0 Å². The molecule has 1 aromatic heterocycles. The number of halogens is 3. The molecule has 0 saturated heterocycles. The fraction of sp³-hybridized carbons (Fsp3) is 0.167. The van der Waals surface area contributed by atoms with E-state index in [9.17, 15) is 4.39 Å². The van der Waals surface area contributed by atoms with Crippen LogP contribution >= 0.6 is 34.2 Å². The third kappa shape index (κ3) is 2.05. The molecule has 1 nitrogen and oxygen atoms in total. The van der Waals surface area contributed by atoms with Crippen LogP contribution in [0.1, 0.15) is 5.56 Å². The molecule has 1 aromatic rings. The maximum atomic E-state index is 12.4. The van der Waals surface area contributed by atoms with Gasteiger partial charge in [0.05, 0.1) is 0 Å². The molecule has 1 heterocycles. The van der Waals surface area contributed by atoms with Gasteiger partial charge >= 0.3 is 0 Å². The van der Waals surface area contributed by atoms with Crippen LogP contribution in [0.3, 0.4) is 0 Å². The fourth-order valence-electron chi connectivity index (χ4n) is 0.591. The third-order valence-corrected chi connectivity index (χ3v) is 1.84. The lowest BCUT2D eigenvalue weighted by Gasteiger charge is -1.94. The van der Waals surface area contributed by atoms with Crippen LogP contribution in [-0.4, -0.2) is 4.98 Å². The predicted molar refractivity (Wildman–Crippen MR) is 46.5 cm³/mol. The standard InChI is InChI=1S/C6H4ClFIN/c7-3-4-1-5(8)10-6(9)2-4/h1-2H,3H2. The van der Waals surface area contributed by atoms with Gasteiger partial charge in [-0.25, -0.2) is 4.98 Å². The fourth-order valence-corrected chi connectivity index (χ4v) is 1.38. The van der Waals surface area contributed by atoms with E-state index in [1.54, 1.807) is 6.07 Å². The Morgan fingerprint density at radius 2 is 2.30 bits per heavy atom. The van der Waals surface area contributed by atoms with Gasteiger partial charge in [0.1, 0.15) is 3.70 Å². The van der Waals surface area contributed by atoms with E-state index in [1.807, 2.05) is 22.6 Å². The van der Waals surface area contributed by atoms with Crippen LogP contribution in [0.25, 0.3) is 0 Å². The lowest BCUT2D eigenvalue weighted by molar-refractivity contribution is 0.579. The van der Waals surface area contributed by atoms with Gasteiger partial charge in [0.2, 0.25) is 5.95 Å². The number of pyridine rings is 1. The molecule has 0 radical (unpaired) electrons. The van der Waals surface area contributed by atoms with Gasteiger partial charge in [0.25, 0.3) is 0 Å². The summed E-state index contributed by atoms with van der Waals surface area (Å²) in [6, 6.07) is 3.08. The molecule has 0 spiro atoms. The van der Waals surface area contributed by atoms with Gasteiger partial charge < -0.3 is 0 Å². The van der Waals surface area contributed by atoms with Crippen molar-refractivity contribution in [2.45, 2.75) is 5.88 Å². The molecule has 0 atom stereocenters. The number of rotatable bonds is 1. The zero-order valence-corrected chi connectivity index (χ0v) is 7.86. The van der Waals surface area contributed by atoms with E-state index < -0.39 is 5.95 Å². The molecule has 0 amide bonds. The maximum Gasteiger partial charge on any atom is 0.214 e. The Morgan fingerprint density at radius 3 is 2.80 bits per heavy atom. The van der Waals surface area contributed by atoms with Crippen molar-refractivity contribution in [3.63, 3.8) is 0 Å². The van der Waals surface area contributed by atoms with Crippen LogP contribution in [0.4, 0.5) is 4.39 Å². The summed E-state index contributed by atoms with van der Waals surface area (Å²) >= 11 is 7.42. The Morgan fingerprint density at radius 1 is 1.60 bits per heavy atom. The van der Waals surface area contributed by atoms with Crippen LogP contribution in [0, 0.1) is 9.65 Å². The Bertz CT molecular complexity index is 221. The predicted octanol–water partition coefficient (Wildman–Crippen LogP) is 2.56. The monoisotopic (exact) mass is 271 g/mol. The molecule has 0 fully saturated rings. The SMILES string of the molecule is Fc1cc(CCl)cc(I)n1. The molecule has 4 heteroatoms. The molecule has 0 saturated carbocycles. The van der Waals surface area contributed by atoms with Crippen molar-refractivity contribution in [2.75, 3.05) is 0 Å². The Kier molecular flexibility index (Phi) is 2.85. The first kappa shape index (κ1) is 8.20. The quantitative estimate of drug-likeness (QED) is 0.435. The van der Waals surface area contributed by atoms with Crippen molar-refractivity contribution in [3.05, 3.63) is 27.3 Å². The lowest BCUT2D eigenvalue weighted by atomic mass is 10.3. The summed E-state index contributed by atoms with van der Waals surface area (Å²) in [6.07, 6.45) is 0. The average Bonchev–Trinajstić information content (AvgIpc) is 1.85. The molecule has 0 bridgehead atoms. The minimum atomic E-state index is -0.470. The molecule has 0 aliphatic carbocycles. The highest BCUT2D eigenvalue weighted by molar-refractivity contribution is 14.1. The molecule has 0 aliphatic rings. The van der Waals surface area contributed by atoms with Crippen LogP contribution in [0.5, 0.6) is 0 Å². The van der Waals surface area contributed by atoms with Gasteiger partial charge in [0.15, 0.2) is 0 Å². The first-order valence-electron chi connectivity index (χ1n) is 2.60. The van der Waals surface area contributed by atoms with Crippen LogP contribution in [0.15, 0.2) is 12.1 Å². The zero-order valence-electron chi connectivity index (χ0n) is 4.94. The van der Waals surface area contributed by atoms with E-state index >= 15 is 0 Å². The molecule has 0 unspecified atom stereocenters. The molecule has 0 N–H and O–H groups in total. The van der Waals surface area contributed by atoms with Gasteiger partial charge in [-0.05, 0) is 40.3 Å². The minimum Gasteiger partial charge on any atom is -0.214 e. The Hall–Kier alpha value is 0.1000. The molecule has 0 aromatic carbocycles. The summed E-state index contributed by atoms with van der Waals surface area (Å²) in [6.45, 7) is 0. The summed E-state index contributed by atoms with van der Waals surface area (Å²) in [4.78, 5) is 3.54. The molecular weight excluding hydrogens is 267 g/mol. The largest absolute Gasteiger partial charge is 0.214 e. The van der Waals surface area contributed by atoms with E-state index in [-0.39, 0.29) is 0 Å². The lowest BCUT2D eigenvalue weighted by Crippen LogP contribution is -1.89. The molecule has 0 aliphatic heterocycles. The summed E-state index contributed by atoms with van der Waals surface area (Å²) in [5, 5.41) is 0. The summed E-state index contributed by atoms with van der Waals surface area (Å²) < 4.78 is 13.1. The van der Waals surface area contributed by atoms with Crippen molar-refractivity contribution < 1.29 is 4.39 Å². The van der Waals surface area contributed by atoms with Crippen LogP contribution in [-0.2, 0) is 5.88 Å². The number of hydrogen-bond donors (Lipinski definition) is 0. The van der Waals surface area contributed by atoms with E-state index in [4.69, 9.17) is 11.6 Å². The summed E-state index contributed by atoms with van der Waals surface area (Å²) in [5.41, 5.74) is 0.763. The van der Waals surface area contributed by atoms with Gasteiger partial charge in [-0.15, -0.1) is 11.6 Å². The zero-order chi connectivity index (χ0) is 7.56. The number of hydrogen-bond acceptors (Lipinski definition) is 1. The van der Waals surface area contributed by atoms with Gasteiger partial charge in [-0.1, -0.05) is 0 Å². The van der Waals surface area contributed by atoms with E-state index in [1.165, 1.54) is 6.07 Å². The number of aromatic nitrogens is 1. The van der Waals surface area contributed by atoms with Crippen molar-refractivity contribution in [1.82, 2.24) is 4.98 Å². The Balaban J connectivity index is 3.06. The van der Waals surface area contributed by atoms with Crippen LogP contribution in [0.2, 0.25) is 0 Å². The third-order valence-electron chi connectivity index (χ3n) is 0.977. The maximum absolute atomic E-state index is 12.4. The van der Waals surface area contributed by atoms with Crippen LogP contribution < -0.4 is 0 Å². The van der Waals surface area contributed by atoms with Crippen molar-refractivity contribution >= 4 is 34.2 Å². The van der Waals surface area contributed by atoms with Crippen molar-refractivity contribution in [1.29, 1.82) is 0 Å². The molecule has 1 rings (SSSR count). The second-order valence-corrected chi connectivity index (χ2v) is 3.13. The van der Waals surface area contributed by atoms with E-state index in [0.29, 0.717) is 9.58 Å². The van der Waals surface area contributed by atoms with E-state index in [0.717, 1.165) is 5.56 Å². The highest BCUT2D eigenvalue weighted by Gasteiger charge is 1.97. The second-order valence-electron chi connectivity index (χ2n) is 1.75. The first-order valence-corrected chi connectivity index (χ1v) is 4.21. The van der Waals surface area contributed by atoms with Crippen molar-refractivity contribution in [2.24, 2.45) is 0 Å². The van der Waals surface area contributed by atoms with Gasteiger partial charge in [-0.3, -0.25) is 0 Å². The Labute approximate surface area is 76.7 Å². The molecular formula is C6H4ClFIN. The minimum absolute atomic E-state index is 0.329.